The summed E-state index contributed by atoms with van der Waals surface area (Å²) < 4.78 is 0. The smallest absolute Gasteiger partial charge is 0.224 e. The number of piperidine rings is 1. The molecule has 0 spiro atoms. The number of carbonyl (C=O) groups is 2. The van der Waals surface area contributed by atoms with Crippen molar-refractivity contribution in [1.82, 2.24) is 15.2 Å². The van der Waals surface area contributed by atoms with Crippen LogP contribution in [0.1, 0.15) is 25.0 Å². The van der Waals surface area contributed by atoms with Crippen LogP contribution in [0, 0.1) is 5.92 Å². The van der Waals surface area contributed by atoms with E-state index in [0.29, 0.717) is 32.5 Å². The number of nitrogens with two attached hydrogens (primary N) is 1. The molecule has 0 radical (unpaired) electrons. The SMILES string of the molecule is Cl.Cl.NCCNC(=O)C1CCCN(C(=O)CCc2ccccn2)C1. The van der Waals surface area contributed by atoms with Crippen LogP contribution in [-0.2, 0) is 16.0 Å². The number of aromatic nitrogens is 1. The minimum atomic E-state index is -0.112. The Hall–Kier alpha value is -1.37. The lowest BCUT2D eigenvalue weighted by Crippen LogP contribution is -2.46. The molecular weight excluding hydrogens is 351 g/mol. The van der Waals surface area contributed by atoms with Crippen molar-refractivity contribution < 1.29 is 9.59 Å². The van der Waals surface area contributed by atoms with Crippen LogP contribution in [0.5, 0.6) is 0 Å². The number of aryl methyl sites for hydroxylation is 1. The number of nitrogens with one attached hydrogen (secondary N) is 1. The zero-order chi connectivity index (χ0) is 15.8. The largest absolute Gasteiger partial charge is 0.355 e. The van der Waals surface area contributed by atoms with Crippen molar-refractivity contribution in [2.45, 2.75) is 25.7 Å². The van der Waals surface area contributed by atoms with Crippen LogP contribution in [0.15, 0.2) is 24.4 Å². The van der Waals surface area contributed by atoms with Gasteiger partial charge in [0.05, 0.1) is 5.92 Å². The van der Waals surface area contributed by atoms with Crippen LogP contribution in [0.4, 0.5) is 0 Å². The Kier molecular flexibility index (Phi) is 11.4. The first-order chi connectivity index (χ1) is 10.7. The summed E-state index contributed by atoms with van der Waals surface area (Å²) in [5, 5.41) is 2.81. The van der Waals surface area contributed by atoms with Crippen molar-refractivity contribution in [3.05, 3.63) is 30.1 Å². The Morgan fingerprint density at radius 2 is 2.12 bits per heavy atom. The summed E-state index contributed by atoms with van der Waals surface area (Å²) in [6.45, 7) is 2.17. The molecule has 0 aromatic carbocycles. The summed E-state index contributed by atoms with van der Waals surface area (Å²) in [5.74, 6) is -0.00578. The summed E-state index contributed by atoms with van der Waals surface area (Å²) in [4.78, 5) is 30.3. The van der Waals surface area contributed by atoms with E-state index in [1.54, 1.807) is 11.1 Å². The molecule has 3 N–H and O–H groups in total. The second-order valence-corrected chi connectivity index (χ2v) is 5.58. The number of likely N-dealkylation sites (tertiary alicyclic amines) is 1. The fourth-order valence-corrected chi connectivity index (χ4v) is 2.70. The minimum Gasteiger partial charge on any atom is -0.355 e. The summed E-state index contributed by atoms with van der Waals surface area (Å²) in [7, 11) is 0. The molecule has 1 unspecified atom stereocenters. The molecule has 2 amide bonds. The molecule has 0 bridgehead atoms. The van der Waals surface area contributed by atoms with E-state index < -0.39 is 0 Å². The number of hydrogen-bond donors (Lipinski definition) is 2. The molecule has 0 saturated carbocycles. The number of halogens is 2. The van der Waals surface area contributed by atoms with E-state index in [2.05, 4.69) is 10.3 Å². The maximum Gasteiger partial charge on any atom is 0.224 e. The zero-order valence-corrected chi connectivity index (χ0v) is 15.3. The molecule has 1 atom stereocenters. The highest BCUT2D eigenvalue weighted by Crippen LogP contribution is 2.17. The number of pyridine rings is 1. The first-order valence-corrected chi connectivity index (χ1v) is 7.86. The van der Waals surface area contributed by atoms with Crippen molar-refractivity contribution in [1.29, 1.82) is 0 Å². The molecular formula is C16H26Cl2N4O2. The fraction of sp³-hybridized carbons (Fsp3) is 0.562. The molecule has 1 aromatic heterocycles. The van der Waals surface area contributed by atoms with Gasteiger partial charge in [-0.3, -0.25) is 14.6 Å². The average Bonchev–Trinajstić information content (AvgIpc) is 2.58. The van der Waals surface area contributed by atoms with Crippen LogP contribution in [0.3, 0.4) is 0 Å². The molecule has 1 saturated heterocycles. The molecule has 8 heteroatoms. The molecule has 2 heterocycles. The van der Waals surface area contributed by atoms with Gasteiger partial charge in [0, 0.05) is 44.5 Å². The van der Waals surface area contributed by atoms with Crippen LogP contribution < -0.4 is 11.1 Å². The normalized spacial score (nSPS) is 16.5. The highest BCUT2D eigenvalue weighted by molar-refractivity contribution is 5.85. The van der Waals surface area contributed by atoms with Gasteiger partial charge in [0.25, 0.3) is 0 Å². The van der Waals surface area contributed by atoms with Crippen LogP contribution in [-0.4, -0.2) is 47.9 Å². The molecule has 0 aliphatic carbocycles. The Morgan fingerprint density at radius 1 is 1.33 bits per heavy atom. The van der Waals surface area contributed by atoms with Crippen molar-refractivity contribution in [3.63, 3.8) is 0 Å². The van der Waals surface area contributed by atoms with Gasteiger partial charge >= 0.3 is 0 Å². The molecule has 136 valence electrons. The third-order valence-corrected chi connectivity index (χ3v) is 3.91. The van der Waals surface area contributed by atoms with Crippen LogP contribution in [0.25, 0.3) is 0 Å². The zero-order valence-electron chi connectivity index (χ0n) is 13.6. The van der Waals surface area contributed by atoms with Gasteiger partial charge in [-0.1, -0.05) is 6.07 Å². The maximum absolute atomic E-state index is 12.3. The topological polar surface area (TPSA) is 88.3 Å². The Balaban J connectivity index is 0.00000264. The van der Waals surface area contributed by atoms with Gasteiger partial charge in [-0.05, 0) is 31.4 Å². The first kappa shape index (κ1) is 22.6. The number of hydrogen-bond acceptors (Lipinski definition) is 4. The van der Waals surface area contributed by atoms with Gasteiger partial charge in [0.15, 0.2) is 0 Å². The molecule has 1 aromatic rings. The van der Waals surface area contributed by atoms with Gasteiger partial charge in [-0.15, -0.1) is 24.8 Å². The summed E-state index contributed by atoms with van der Waals surface area (Å²) in [6.07, 6.45) is 4.52. The van der Waals surface area contributed by atoms with E-state index in [-0.39, 0.29) is 42.5 Å². The monoisotopic (exact) mass is 376 g/mol. The molecule has 1 aliphatic heterocycles. The standard InChI is InChI=1S/C16H24N4O2.2ClH/c17-8-10-19-16(22)13-4-3-11-20(12-13)15(21)7-6-14-5-1-2-9-18-14;;/h1-2,5,9,13H,3-4,6-8,10-12,17H2,(H,19,22);2*1H. The van der Waals surface area contributed by atoms with E-state index in [0.717, 1.165) is 25.1 Å². The van der Waals surface area contributed by atoms with Gasteiger partial charge in [-0.2, -0.15) is 0 Å². The number of carbonyl (C=O) groups excluding carboxylic acids is 2. The predicted molar refractivity (Wildman–Crippen MR) is 98.4 cm³/mol. The van der Waals surface area contributed by atoms with E-state index >= 15 is 0 Å². The van der Waals surface area contributed by atoms with E-state index in [4.69, 9.17) is 5.73 Å². The highest BCUT2D eigenvalue weighted by atomic mass is 35.5. The van der Waals surface area contributed by atoms with Gasteiger partial charge in [0.1, 0.15) is 0 Å². The summed E-state index contributed by atoms with van der Waals surface area (Å²) in [6, 6.07) is 5.71. The maximum atomic E-state index is 12.3. The molecule has 1 aliphatic rings. The first-order valence-electron chi connectivity index (χ1n) is 7.86. The third-order valence-electron chi connectivity index (χ3n) is 3.91. The lowest BCUT2D eigenvalue weighted by atomic mass is 9.96. The number of amides is 2. The molecule has 24 heavy (non-hydrogen) atoms. The molecule has 6 nitrogen and oxygen atoms in total. The second kappa shape index (κ2) is 12.1. The van der Waals surface area contributed by atoms with Gasteiger partial charge < -0.3 is 16.0 Å². The van der Waals surface area contributed by atoms with Crippen molar-refractivity contribution in [2.24, 2.45) is 11.7 Å². The minimum absolute atomic E-state index is 0. The third kappa shape index (κ3) is 7.03. The highest BCUT2D eigenvalue weighted by Gasteiger charge is 2.27. The van der Waals surface area contributed by atoms with Gasteiger partial charge in [-0.25, -0.2) is 0 Å². The van der Waals surface area contributed by atoms with E-state index in [9.17, 15) is 9.59 Å². The van der Waals surface area contributed by atoms with Crippen molar-refractivity contribution in [3.8, 4) is 0 Å². The Labute approximate surface area is 155 Å². The number of nitrogens with zero attached hydrogens (tertiary/aromatic N) is 2. The van der Waals surface area contributed by atoms with Crippen LogP contribution in [0.2, 0.25) is 0 Å². The predicted octanol–water partition coefficient (Wildman–Crippen LogP) is 1.17. The lowest BCUT2D eigenvalue weighted by molar-refractivity contribution is -0.135. The van der Waals surface area contributed by atoms with Gasteiger partial charge in [0.2, 0.25) is 11.8 Å². The summed E-state index contributed by atoms with van der Waals surface area (Å²) in [5.41, 5.74) is 6.31. The number of rotatable bonds is 6. The van der Waals surface area contributed by atoms with E-state index in [1.807, 2.05) is 18.2 Å². The van der Waals surface area contributed by atoms with Crippen molar-refractivity contribution in [2.75, 3.05) is 26.2 Å². The lowest BCUT2D eigenvalue weighted by Gasteiger charge is -2.32. The fourth-order valence-electron chi connectivity index (χ4n) is 2.70. The van der Waals surface area contributed by atoms with Crippen LogP contribution >= 0.6 is 24.8 Å². The van der Waals surface area contributed by atoms with E-state index in [1.165, 1.54) is 0 Å². The molecule has 2 rings (SSSR count). The molecule has 1 fully saturated rings. The second-order valence-electron chi connectivity index (χ2n) is 5.58. The van der Waals surface area contributed by atoms with Crippen molar-refractivity contribution >= 4 is 36.6 Å². The quantitative estimate of drug-likeness (QED) is 0.779. The summed E-state index contributed by atoms with van der Waals surface area (Å²) >= 11 is 0. The Morgan fingerprint density at radius 3 is 2.79 bits per heavy atom. The average molecular weight is 377 g/mol. The Bertz CT molecular complexity index is 502.